The Balaban J connectivity index is 1.92. The number of nitrogens with zero attached hydrogens (tertiary/aromatic N) is 2. The lowest BCUT2D eigenvalue weighted by Gasteiger charge is -2.11. The molecule has 2 rings (SSSR count). The highest BCUT2D eigenvalue weighted by atomic mass is 32.2. The van der Waals surface area contributed by atoms with Gasteiger partial charge in [0.25, 0.3) is 5.69 Å². The number of nitriles is 1. The van der Waals surface area contributed by atoms with Gasteiger partial charge in [0.2, 0.25) is 0 Å². The Bertz CT molecular complexity index is 834. The van der Waals surface area contributed by atoms with E-state index in [9.17, 15) is 19.3 Å². The third-order valence-corrected chi connectivity index (χ3v) is 4.33. The van der Waals surface area contributed by atoms with Gasteiger partial charge in [-0.3, -0.25) is 14.9 Å². The number of rotatable bonds is 6. The van der Waals surface area contributed by atoms with Crippen molar-refractivity contribution in [2.24, 2.45) is 0 Å². The first-order valence-corrected chi connectivity index (χ1v) is 8.05. The van der Waals surface area contributed by atoms with Crippen LogP contribution in [-0.4, -0.2) is 16.1 Å². The van der Waals surface area contributed by atoms with Gasteiger partial charge in [-0.1, -0.05) is 6.07 Å². The standard InChI is InChI=1S/C17H13FN2O4S/c1-11(25-15-6-4-14(5-7-15)20(22)23)17(21)24-10-13-3-2-12(9-19)8-16(13)18/h2-8,11H,10H2,1H3. The number of thioether (sulfide) groups is 1. The summed E-state index contributed by atoms with van der Waals surface area (Å²) in [6, 6.07) is 11.6. The van der Waals surface area contributed by atoms with Crippen LogP contribution in [0.15, 0.2) is 47.4 Å². The van der Waals surface area contributed by atoms with Crippen molar-refractivity contribution in [3.8, 4) is 6.07 Å². The minimum absolute atomic E-state index is 0.0316. The predicted octanol–water partition coefficient (Wildman–Crippen LogP) is 3.83. The van der Waals surface area contributed by atoms with Gasteiger partial charge >= 0.3 is 5.97 Å². The number of nitro benzene ring substituents is 1. The van der Waals surface area contributed by atoms with Crippen molar-refractivity contribution in [3.05, 3.63) is 69.5 Å². The lowest BCUT2D eigenvalue weighted by atomic mass is 10.1. The van der Waals surface area contributed by atoms with E-state index in [2.05, 4.69) is 0 Å². The van der Waals surface area contributed by atoms with Crippen LogP contribution in [0.2, 0.25) is 0 Å². The molecule has 0 fully saturated rings. The Morgan fingerprint density at radius 2 is 2.04 bits per heavy atom. The van der Waals surface area contributed by atoms with Gasteiger partial charge < -0.3 is 4.74 Å². The van der Waals surface area contributed by atoms with Crippen molar-refractivity contribution >= 4 is 23.4 Å². The second-order valence-corrected chi connectivity index (χ2v) is 6.45. The summed E-state index contributed by atoms with van der Waals surface area (Å²) in [6.07, 6.45) is 0. The van der Waals surface area contributed by atoms with Crippen LogP contribution in [0.3, 0.4) is 0 Å². The molecule has 0 aromatic heterocycles. The first-order chi connectivity index (χ1) is 11.9. The molecule has 8 heteroatoms. The van der Waals surface area contributed by atoms with Gasteiger partial charge in [0, 0.05) is 22.6 Å². The van der Waals surface area contributed by atoms with E-state index in [0.29, 0.717) is 4.90 Å². The summed E-state index contributed by atoms with van der Waals surface area (Å²) in [4.78, 5) is 22.8. The second kappa shape index (κ2) is 8.26. The van der Waals surface area contributed by atoms with Crippen LogP contribution in [0.1, 0.15) is 18.1 Å². The van der Waals surface area contributed by atoms with Gasteiger partial charge in [-0.05, 0) is 31.2 Å². The SMILES string of the molecule is CC(Sc1ccc([N+](=O)[O-])cc1)C(=O)OCc1ccc(C#N)cc1F. The predicted molar refractivity (Wildman–Crippen MR) is 89.3 cm³/mol. The summed E-state index contributed by atoms with van der Waals surface area (Å²) < 4.78 is 18.8. The van der Waals surface area contributed by atoms with E-state index in [4.69, 9.17) is 10.00 Å². The third kappa shape index (κ3) is 5.02. The van der Waals surface area contributed by atoms with E-state index in [1.807, 2.05) is 6.07 Å². The van der Waals surface area contributed by atoms with Gasteiger partial charge in [0.05, 0.1) is 16.6 Å². The number of hydrogen-bond acceptors (Lipinski definition) is 6. The van der Waals surface area contributed by atoms with E-state index >= 15 is 0 Å². The molecule has 0 amide bonds. The number of ether oxygens (including phenoxy) is 1. The molecule has 6 nitrogen and oxygen atoms in total. The summed E-state index contributed by atoms with van der Waals surface area (Å²) in [6.45, 7) is 1.39. The first kappa shape index (κ1) is 18.4. The molecule has 0 N–H and O–H groups in total. The maximum absolute atomic E-state index is 13.7. The van der Waals surface area contributed by atoms with Crippen LogP contribution >= 0.6 is 11.8 Å². The van der Waals surface area contributed by atoms with Crippen LogP contribution in [0.25, 0.3) is 0 Å². The number of benzene rings is 2. The van der Waals surface area contributed by atoms with Gasteiger partial charge in [0.1, 0.15) is 17.7 Å². The summed E-state index contributed by atoms with van der Waals surface area (Å²) in [5.41, 5.74) is 0.338. The highest BCUT2D eigenvalue weighted by molar-refractivity contribution is 8.00. The zero-order valence-corrected chi connectivity index (χ0v) is 14.0. The molecular formula is C17H13FN2O4S. The second-order valence-electron chi connectivity index (χ2n) is 5.04. The molecule has 2 aromatic rings. The maximum Gasteiger partial charge on any atom is 0.319 e. The minimum atomic E-state index is -0.609. The third-order valence-electron chi connectivity index (χ3n) is 3.24. The number of halogens is 1. The molecule has 0 saturated carbocycles. The molecule has 0 aliphatic heterocycles. The van der Waals surface area contributed by atoms with E-state index in [1.165, 1.54) is 36.0 Å². The smallest absolute Gasteiger partial charge is 0.319 e. The topological polar surface area (TPSA) is 93.2 Å². The Morgan fingerprint density at radius 3 is 2.60 bits per heavy atom. The Morgan fingerprint density at radius 1 is 1.36 bits per heavy atom. The van der Waals surface area contributed by atoms with Crippen LogP contribution in [0.4, 0.5) is 10.1 Å². The van der Waals surface area contributed by atoms with Crippen molar-refractivity contribution < 1.29 is 18.8 Å². The Hall–Kier alpha value is -2.92. The fourth-order valence-corrected chi connectivity index (χ4v) is 2.76. The Labute approximate surface area is 147 Å². The van der Waals surface area contributed by atoms with Crippen molar-refractivity contribution in [1.82, 2.24) is 0 Å². The lowest BCUT2D eigenvalue weighted by molar-refractivity contribution is -0.384. The zero-order valence-electron chi connectivity index (χ0n) is 13.1. The van der Waals surface area contributed by atoms with E-state index in [-0.39, 0.29) is 23.4 Å². The summed E-state index contributed by atoms with van der Waals surface area (Å²) in [5.74, 6) is -1.14. The molecule has 0 bridgehead atoms. The molecule has 0 spiro atoms. The number of hydrogen-bond donors (Lipinski definition) is 0. The normalized spacial score (nSPS) is 11.4. The molecule has 25 heavy (non-hydrogen) atoms. The average molecular weight is 360 g/mol. The van der Waals surface area contributed by atoms with Crippen LogP contribution in [0.5, 0.6) is 0 Å². The summed E-state index contributed by atoms with van der Waals surface area (Å²) in [5, 5.41) is 18.7. The minimum Gasteiger partial charge on any atom is -0.460 e. The van der Waals surface area contributed by atoms with Crippen molar-refractivity contribution in [2.45, 2.75) is 23.7 Å². The molecule has 1 unspecified atom stereocenters. The quantitative estimate of drug-likeness (QED) is 0.336. The molecule has 128 valence electrons. The average Bonchev–Trinajstić information content (AvgIpc) is 2.60. The van der Waals surface area contributed by atoms with Crippen LogP contribution in [0, 0.1) is 27.3 Å². The monoisotopic (exact) mass is 360 g/mol. The van der Waals surface area contributed by atoms with E-state index in [1.54, 1.807) is 19.1 Å². The lowest BCUT2D eigenvalue weighted by Crippen LogP contribution is -2.17. The summed E-state index contributed by atoms with van der Waals surface area (Å²) in [7, 11) is 0. The largest absolute Gasteiger partial charge is 0.460 e. The maximum atomic E-state index is 13.7. The molecule has 0 aliphatic rings. The highest BCUT2D eigenvalue weighted by Crippen LogP contribution is 2.26. The summed E-state index contributed by atoms with van der Waals surface area (Å²) >= 11 is 1.18. The number of carbonyl (C=O) groups excluding carboxylic acids is 1. The van der Waals surface area contributed by atoms with E-state index in [0.717, 1.165) is 6.07 Å². The number of esters is 1. The van der Waals surface area contributed by atoms with Gasteiger partial charge in [-0.25, -0.2) is 4.39 Å². The molecule has 1 atom stereocenters. The number of carbonyl (C=O) groups is 1. The zero-order chi connectivity index (χ0) is 18.4. The fraction of sp³-hybridized carbons (Fsp3) is 0.176. The first-order valence-electron chi connectivity index (χ1n) is 7.17. The molecule has 2 aromatic carbocycles. The molecule has 0 radical (unpaired) electrons. The molecular weight excluding hydrogens is 347 g/mol. The number of non-ortho nitro benzene ring substituents is 1. The highest BCUT2D eigenvalue weighted by Gasteiger charge is 2.17. The van der Waals surface area contributed by atoms with E-state index < -0.39 is 22.0 Å². The van der Waals surface area contributed by atoms with Gasteiger partial charge in [-0.2, -0.15) is 5.26 Å². The Kier molecular flexibility index (Phi) is 6.08. The molecule has 0 heterocycles. The van der Waals surface area contributed by atoms with Crippen molar-refractivity contribution in [3.63, 3.8) is 0 Å². The van der Waals surface area contributed by atoms with Gasteiger partial charge in [-0.15, -0.1) is 11.8 Å². The van der Waals surface area contributed by atoms with Crippen molar-refractivity contribution in [2.75, 3.05) is 0 Å². The van der Waals surface area contributed by atoms with Crippen LogP contribution in [-0.2, 0) is 16.1 Å². The van der Waals surface area contributed by atoms with Gasteiger partial charge in [0.15, 0.2) is 0 Å². The fourth-order valence-electron chi connectivity index (χ4n) is 1.90. The molecule has 0 saturated heterocycles. The van der Waals surface area contributed by atoms with Crippen LogP contribution < -0.4 is 0 Å². The van der Waals surface area contributed by atoms with Crippen molar-refractivity contribution in [1.29, 1.82) is 5.26 Å². The molecule has 0 aliphatic carbocycles. The number of nitro groups is 1.